The molecule has 0 fully saturated rings. The van der Waals surface area contributed by atoms with E-state index in [1.165, 1.54) is 0 Å². The summed E-state index contributed by atoms with van der Waals surface area (Å²) in [6, 6.07) is 9.87. The monoisotopic (exact) mass is 305 g/mol. The van der Waals surface area contributed by atoms with Crippen molar-refractivity contribution in [2.75, 3.05) is 11.1 Å². The van der Waals surface area contributed by atoms with Crippen LogP contribution >= 0.6 is 0 Å². The van der Waals surface area contributed by atoms with Gasteiger partial charge < -0.3 is 16.5 Å². The van der Waals surface area contributed by atoms with E-state index in [0.29, 0.717) is 17.0 Å². The Balaban J connectivity index is 1.89. The maximum absolute atomic E-state index is 9.01. The summed E-state index contributed by atoms with van der Waals surface area (Å²) in [5.41, 5.74) is 11.4. The van der Waals surface area contributed by atoms with Gasteiger partial charge in [0.2, 0.25) is 0 Å². The molecular weight excluding hydrogens is 286 g/mol. The SMILES string of the molecule is CC(=N)c1cc(NC2CCCc3cc(C#N)cnc32)ccc1N. The first-order valence-corrected chi connectivity index (χ1v) is 7.69. The third kappa shape index (κ3) is 3.02. The smallest absolute Gasteiger partial charge is 0.101 e. The molecule has 1 atom stereocenters. The fourth-order valence-electron chi connectivity index (χ4n) is 3.04. The minimum atomic E-state index is 0.119. The summed E-state index contributed by atoms with van der Waals surface area (Å²) in [6.07, 6.45) is 4.65. The highest BCUT2D eigenvalue weighted by molar-refractivity contribution is 6.01. The Morgan fingerprint density at radius 2 is 2.26 bits per heavy atom. The molecule has 0 radical (unpaired) electrons. The van der Waals surface area contributed by atoms with E-state index in [2.05, 4.69) is 16.4 Å². The predicted octanol–water partition coefficient (Wildman–Crippen LogP) is 3.41. The summed E-state index contributed by atoms with van der Waals surface area (Å²) in [4.78, 5) is 4.49. The van der Waals surface area contributed by atoms with E-state index < -0.39 is 0 Å². The normalized spacial score (nSPS) is 16.3. The van der Waals surface area contributed by atoms with Crippen molar-refractivity contribution < 1.29 is 0 Å². The topological polar surface area (TPSA) is 98.6 Å². The molecule has 4 N–H and O–H groups in total. The number of benzene rings is 1. The van der Waals surface area contributed by atoms with Gasteiger partial charge in [-0.15, -0.1) is 0 Å². The second-order valence-corrected chi connectivity index (χ2v) is 5.90. The maximum atomic E-state index is 9.01. The molecule has 0 amide bonds. The predicted molar refractivity (Wildman–Crippen MR) is 91.6 cm³/mol. The van der Waals surface area contributed by atoms with Crippen LogP contribution in [0.25, 0.3) is 0 Å². The number of aromatic nitrogens is 1. The number of hydrogen-bond donors (Lipinski definition) is 3. The highest BCUT2D eigenvalue weighted by Gasteiger charge is 2.22. The van der Waals surface area contributed by atoms with Gasteiger partial charge in [0.05, 0.1) is 17.3 Å². The van der Waals surface area contributed by atoms with Crippen LogP contribution in [0.1, 0.15) is 48.2 Å². The first-order chi connectivity index (χ1) is 11.1. The molecule has 0 aliphatic heterocycles. The molecule has 1 aromatic heterocycles. The van der Waals surface area contributed by atoms with Crippen LogP contribution in [-0.2, 0) is 6.42 Å². The van der Waals surface area contributed by atoms with Crippen LogP contribution in [0.3, 0.4) is 0 Å². The first kappa shape index (κ1) is 15.0. The molecular formula is C18H19N5. The summed E-state index contributed by atoms with van der Waals surface area (Å²) in [5.74, 6) is 0. The third-order valence-corrected chi connectivity index (χ3v) is 4.20. The average molecular weight is 305 g/mol. The van der Waals surface area contributed by atoms with Crippen molar-refractivity contribution >= 4 is 17.1 Å². The average Bonchev–Trinajstić information content (AvgIpc) is 2.56. The summed E-state index contributed by atoms with van der Waals surface area (Å²) in [6.45, 7) is 1.73. The Morgan fingerprint density at radius 1 is 1.43 bits per heavy atom. The van der Waals surface area contributed by atoms with Gasteiger partial charge in [0.25, 0.3) is 0 Å². The number of aryl methyl sites for hydroxylation is 1. The lowest BCUT2D eigenvalue weighted by atomic mass is 9.91. The number of nitrogen functional groups attached to an aromatic ring is 1. The van der Waals surface area contributed by atoms with Crippen molar-refractivity contribution in [3.05, 3.63) is 52.8 Å². The van der Waals surface area contributed by atoms with Crippen molar-refractivity contribution in [2.45, 2.75) is 32.2 Å². The number of nitrogens with one attached hydrogen (secondary N) is 2. The van der Waals surface area contributed by atoms with E-state index >= 15 is 0 Å². The van der Waals surface area contributed by atoms with Gasteiger partial charge in [0.15, 0.2) is 0 Å². The van der Waals surface area contributed by atoms with Crippen molar-refractivity contribution in [1.82, 2.24) is 4.98 Å². The standard InChI is InChI=1S/C18H19N5/c1-11(20)15-8-14(5-6-16(15)21)23-17-4-2-3-13-7-12(9-19)10-22-18(13)17/h5-8,10,17,20,23H,2-4,21H2,1H3. The van der Waals surface area contributed by atoms with Gasteiger partial charge in [-0.3, -0.25) is 4.98 Å². The number of rotatable bonds is 3. The zero-order valence-corrected chi connectivity index (χ0v) is 13.1. The summed E-state index contributed by atoms with van der Waals surface area (Å²) in [5, 5.41) is 20.3. The largest absolute Gasteiger partial charge is 0.398 e. The Morgan fingerprint density at radius 3 is 3.00 bits per heavy atom. The van der Waals surface area contributed by atoms with Gasteiger partial charge in [-0.25, -0.2) is 0 Å². The van der Waals surface area contributed by atoms with Crippen LogP contribution in [0.5, 0.6) is 0 Å². The van der Waals surface area contributed by atoms with Crippen molar-refractivity contribution in [3.63, 3.8) is 0 Å². The molecule has 0 bridgehead atoms. The molecule has 1 unspecified atom stereocenters. The summed E-state index contributed by atoms with van der Waals surface area (Å²) >= 11 is 0. The molecule has 5 heteroatoms. The zero-order valence-electron chi connectivity index (χ0n) is 13.1. The summed E-state index contributed by atoms with van der Waals surface area (Å²) in [7, 11) is 0. The molecule has 116 valence electrons. The van der Waals surface area contributed by atoms with Gasteiger partial charge in [-0.2, -0.15) is 5.26 Å². The fourth-order valence-corrected chi connectivity index (χ4v) is 3.04. The highest BCUT2D eigenvalue weighted by Crippen LogP contribution is 2.32. The van der Waals surface area contributed by atoms with Gasteiger partial charge in [0.1, 0.15) is 6.07 Å². The van der Waals surface area contributed by atoms with Crippen LogP contribution in [0.2, 0.25) is 0 Å². The summed E-state index contributed by atoms with van der Waals surface area (Å²) < 4.78 is 0. The number of pyridine rings is 1. The van der Waals surface area contributed by atoms with Crippen molar-refractivity contribution in [3.8, 4) is 6.07 Å². The van der Waals surface area contributed by atoms with Crippen LogP contribution in [0.4, 0.5) is 11.4 Å². The van der Waals surface area contributed by atoms with Crippen molar-refractivity contribution in [1.29, 1.82) is 10.7 Å². The van der Waals surface area contributed by atoms with Crippen LogP contribution < -0.4 is 11.1 Å². The molecule has 1 heterocycles. The van der Waals surface area contributed by atoms with Crippen LogP contribution in [-0.4, -0.2) is 10.7 Å². The second-order valence-electron chi connectivity index (χ2n) is 5.90. The highest BCUT2D eigenvalue weighted by atomic mass is 15.0. The quantitative estimate of drug-likeness (QED) is 0.597. The number of anilines is 2. The van der Waals surface area contributed by atoms with E-state index in [9.17, 15) is 0 Å². The Hall–Kier alpha value is -2.87. The molecule has 1 aliphatic rings. The minimum absolute atomic E-state index is 0.119. The molecule has 0 spiro atoms. The zero-order chi connectivity index (χ0) is 16.4. The lowest BCUT2D eigenvalue weighted by Gasteiger charge is -2.26. The van der Waals surface area contributed by atoms with Crippen LogP contribution in [0, 0.1) is 16.7 Å². The molecule has 0 saturated heterocycles. The lowest BCUT2D eigenvalue weighted by molar-refractivity contribution is 0.583. The Kier molecular flexibility index (Phi) is 3.98. The number of fused-ring (bicyclic) bond motifs is 1. The number of nitrogens with zero attached hydrogens (tertiary/aromatic N) is 2. The van der Waals surface area contributed by atoms with E-state index in [-0.39, 0.29) is 6.04 Å². The minimum Gasteiger partial charge on any atom is -0.398 e. The number of hydrogen-bond acceptors (Lipinski definition) is 5. The van der Waals surface area contributed by atoms with Crippen LogP contribution in [0.15, 0.2) is 30.5 Å². The van der Waals surface area contributed by atoms with E-state index in [0.717, 1.165) is 41.8 Å². The molecule has 0 saturated carbocycles. The molecule has 1 aromatic carbocycles. The molecule has 5 nitrogen and oxygen atoms in total. The molecule has 3 rings (SSSR count). The molecule has 1 aliphatic carbocycles. The number of nitrogens with two attached hydrogens (primary N) is 1. The molecule has 2 aromatic rings. The third-order valence-electron chi connectivity index (χ3n) is 4.20. The van der Waals surface area contributed by atoms with Gasteiger partial charge in [-0.1, -0.05) is 0 Å². The van der Waals surface area contributed by atoms with Crippen molar-refractivity contribution in [2.24, 2.45) is 0 Å². The van der Waals surface area contributed by atoms with E-state index in [4.69, 9.17) is 16.4 Å². The first-order valence-electron chi connectivity index (χ1n) is 7.69. The fraction of sp³-hybridized carbons (Fsp3) is 0.278. The Bertz CT molecular complexity index is 804. The van der Waals surface area contributed by atoms with Gasteiger partial charge >= 0.3 is 0 Å². The second kappa shape index (κ2) is 6.09. The lowest BCUT2D eigenvalue weighted by Crippen LogP contribution is -2.19. The number of nitriles is 1. The Labute approximate surface area is 135 Å². The maximum Gasteiger partial charge on any atom is 0.101 e. The van der Waals surface area contributed by atoms with E-state index in [1.54, 1.807) is 13.1 Å². The van der Waals surface area contributed by atoms with Gasteiger partial charge in [-0.05, 0) is 56.0 Å². The van der Waals surface area contributed by atoms with E-state index in [1.807, 2.05) is 24.3 Å². The molecule has 23 heavy (non-hydrogen) atoms. The van der Waals surface area contributed by atoms with Gasteiger partial charge in [0, 0.05) is 28.8 Å².